The summed E-state index contributed by atoms with van der Waals surface area (Å²) in [6.07, 6.45) is 2.27. The van der Waals surface area contributed by atoms with E-state index in [-0.39, 0.29) is 24.3 Å². The Morgan fingerprint density at radius 3 is 3.17 bits per heavy atom. The Labute approximate surface area is 138 Å². The minimum absolute atomic E-state index is 0.0177. The number of amides is 2. The van der Waals surface area contributed by atoms with Crippen molar-refractivity contribution in [3.63, 3.8) is 0 Å². The van der Waals surface area contributed by atoms with E-state index in [0.717, 1.165) is 30.1 Å². The number of aromatic amines is 1. The lowest BCUT2D eigenvalue weighted by Crippen LogP contribution is -2.28. The third kappa shape index (κ3) is 2.73. The Morgan fingerprint density at radius 1 is 1.42 bits per heavy atom. The molecule has 0 bridgehead atoms. The Morgan fingerprint density at radius 2 is 2.29 bits per heavy atom. The summed E-state index contributed by atoms with van der Waals surface area (Å²) < 4.78 is 5.32. The highest BCUT2D eigenvalue weighted by molar-refractivity contribution is 5.98. The van der Waals surface area contributed by atoms with Gasteiger partial charge in [0.15, 0.2) is 6.61 Å². The van der Waals surface area contributed by atoms with Gasteiger partial charge in [-0.05, 0) is 38.0 Å². The maximum Gasteiger partial charge on any atom is 0.262 e. The molecule has 1 aliphatic heterocycles. The average Bonchev–Trinajstić information content (AvgIpc) is 2.93. The zero-order valence-corrected chi connectivity index (χ0v) is 13.3. The number of nitrogens with one attached hydrogen (secondary N) is 3. The number of hydrogen-bond acceptors (Lipinski definition) is 4. The molecule has 3 N–H and O–H groups in total. The number of ether oxygens (including phenoxy) is 1. The predicted molar refractivity (Wildman–Crippen MR) is 88.0 cm³/mol. The van der Waals surface area contributed by atoms with Gasteiger partial charge in [-0.3, -0.25) is 9.59 Å². The Kier molecular flexibility index (Phi) is 3.48. The predicted octanol–water partition coefficient (Wildman–Crippen LogP) is 1.79. The second-order valence-corrected chi connectivity index (χ2v) is 6.22. The van der Waals surface area contributed by atoms with Crippen molar-refractivity contribution in [1.29, 1.82) is 0 Å². The van der Waals surface area contributed by atoms with Crippen molar-refractivity contribution in [2.45, 2.75) is 26.2 Å². The molecule has 124 valence electrons. The SMILES string of the molecule is Cc1nc2c([nH]1)C[C@H](C(=O)Nc1ccc3c(c1)NC(=O)CO3)CC2. The van der Waals surface area contributed by atoms with Crippen LogP contribution in [-0.4, -0.2) is 28.4 Å². The van der Waals surface area contributed by atoms with Gasteiger partial charge in [0.2, 0.25) is 5.91 Å². The summed E-state index contributed by atoms with van der Waals surface area (Å²) in [5.41, 5.74) is 3.37. The van der Waals surface area contributed by atoms with Crippen LogP contribution in [0.1, 0.15) is 23.6 Å². The molecule has 24 heavy (non-hydrogen) atoms. The number of aromatic nitrogens is 2. The van der Waals surface area contributed by atoms with Gasteiger partial charge in [0, 0.05) is 23.7 Å². The zero-order valence-electron chi connectivity index (χ0n) is 13.3. The van der Waals surface area contributed by atoms with Gasteiger partial charge in [0.1, 0.15) is 11.6 Å². The Bertz CT molecular complexity index is 827. The molecule has 1 aromatic heterocycles. The quantitative estimate of drug-likeness (QED) is 0.784. The van der Waals surface area contributed by atoms with Gasteiger partial charge in [0.25, 0.3) is 5.91 Å². The number of carbonyl (C=O) groups excluding carboxylic acids is 2. The number of fused-ring (bicyclic) bond motifs is 2. The standard InChI is InChI=1S/C17H18N4O3/c1-9-18-12-4-2-10(6-13(12)19-9)17(23)20-11-3-5-15-14(7-11)21-16(22)8-24-15/h3,5,7,10H,2,4,6,8H2,1H3,(H,18,19)(H,20,23)(H,21,22)/t10-/m1/s1. The van der Waals surface area contributed by atoms with E-state index in [9.17, 15) is 9.59 Å². The number of anilines is 2. The molecular weight excluding hydrogens is 308 g/mol. The number of rotatable bonds is 2. The van der Waals surface area contributed by atoms with Crippen LogP contribution in [0.25, 0.3) is 0 Å². The van der Waals surface area contributed by atoms with Gasteiger partial charge in [-0.2, -0.15) is 0 Å². The number of aryl methyl sites for hydroxylation is 2. The topological polar surface area (TPSA) is 96.1 Å². The van der Waals surface area contributed by atoms with Gasteiger partial charge in [-0.15, -0.1) is 0 Å². The third-order valence-electron chi connectivity index (χ3n) is 4.41. The fourth-order valence-corrected chi connectivity index (χ4v) is 3.25. The molecule has 0 spiro atoms. The summed E-state index contributed by atoms with van der Waals surface area (Å²) >= 11 is 0. The van der Waals surface area contributed by atoms with Gasteiger partial charge >= 0.3 is 0 Å². The highest BCUT2D eigenvalue weighted by Gasteiger charge is 2.27. The molecule has 0 saturated heterocycles. The number of H-pyrrole nitrogens is 1. The van der Waals surface area contributed by atoms with E-state index < -0.39 is 0 Å². The van der Waals surface area contributed by atoms with Gasteiger partial charge in [0.05, 0.1) is 11.4 Å². The van der Waals surface area contributed by atoms with Crippen molar-refractivity contribution in [3.8, 4) is 5.75 Å². The van der Waals surface area contributed by atoms with Crippen LogP contribution >= 0.6 is 0 Å². The van der Waals surface area contributed by atoms with E-state index >= 15 is 0 Å². The van der Waals surface area contributed by atoms with Gasteiger partial charge in [-0.1, -0.05) is 0 Å². The minimum atomic E-state index is -0.194. The fourth-order valence-electron chi connectivity index (χ4n) is 3.25. The molecule has 0 radical (unpaired) electrons. The molecule has 0 saturated carbocycles. The van der Waals surface area contributed by atoms with E-state index in [2.05, 4.69) is 20.6 Å². The van der Waals surface area contributed by atoms with Crippen molar-refractivity contribution in [2.24, 2.45) is 5.92 Å². The number of carbonyl (C=O) groups is 2. The molecule has 4 rings (SSSR count). The molecule has 2 aromatic rings. The zero-order chi connectivity index (χ0) is 16.7. The lowest BCUT2D eigenvalue weighted by Gasteiger charge is -2.22. The molecule has 1 atom stereocenters. The van der Waals surface area contributed by atoms with Crippen LogP contribution in [-0.2, 0) is 22.4 Å². The first-order chi connectivity index (χ1) is 11.6. The molecule has 0 fully saturated rings. The third-order valence-corrected chi connectivity index (χ3v) is 4.41. The summed E-state index contributed by atoms with van der Waals surface area (Å²) in [5, 5.41) is 5.67. The molecule has 2 heterocycles. The van der Waals surface area contributed by atoms with Crippen LogP contribution in [0, 0.1) is 12.8 Å². The van der Waals surface area contributed by atoms with Crippen molar-refractivity contribution in [3.05, 3.63) is 35.4 Å². The number of nitrogens with zero attached hydrogens (tertiary/aromatic N) is 1. The van der Waals surface area contributed by atoms with Crippen LogP contribution in [0.3, 0.4) is 0 Å². The van der Waals surface area contributed by atoms with Crippen molar-refractivity contribution < 1.29 is 14.3 Å². The number of benzene rings is 1. The van der Waals surface area contributed by atoms with E-state index in [1.165, 1.54) is 0 Å². The number of imidazole rings is 1. The van der Waals surface area contributed by atoms with E-state index in [4.69, 9.17) is 4.74 Å². The van der Waals surface area contributed by atoms with Crippen LogP contribution in [0.4, 0.5) is 11.4 Å². The first-order valence-corrected chi connectivity index (χ1v) is 8.00. The van der Waals surface area contributed by atoms with Gasteiger partial charge in [-0.25, -0.2) is 4.98 Å². The Hall–Kier alpha value is -2.83. The van der Waals surface area contributed by atoms with E-state index in [0.29, 0.717) is 23.5 Å². The van der Waals surface area contributed by atoms with Crippen LogP contribution in [0.5, 0.6) is 5.75 Å². The molecule has 2 amide bonds. The summed E-state index contributed by atoms with van der Waals surface area (Å²) in [5.74, 6) is 1.21. The maximum absolute atomic E-state index is 12.6. The average molecular weight is 326 g/mol. The maximum atomic E-state index is 12.6. The normalized spacial score (nSPS) is 18.9. The van der Waals surface area contributed by atoms with E-state index in [1.54, 1.807) is 18.2 Å². The van der Waals surface area contributed by atoms with Gasteiger partial charge < -0.3 is 20.4 Å². The van der Waals surface area contributed by atoms with Crippen molar-refractivity contribution in [2.75, 3.05) is 17.2 Å². The van der Waals surface area contributed by atoms with Crippen molar-refractivity contribution >= 4 is 23.2 Å². The molecule has 7 nitrogen and oxygen atoms in total. The highest BCUT2D eigenvalue weighted by Crippen LogP contribution is 2.31. The summed E-state index contributed by atoms with van der Waals surface area (Å²) in [4.78, 5) is 31.6. The number of hydrogen-bond donors (Lipinski definition) is 3. The molecule has 1 aliphatic carbocycles. The lowest BCUT2D eigenvalue weighted by atomic mass is 9.89. The summed E-state index contributed by atoms with van der Waals surface area (Å²) in [7, 11) is 0. The minimum Gasteiger partial charge on any atom is -0.482 e. The molecule has 0 unspecified atom stereocenters. The first-order valence-electron chi connectivity index (χ1n) is 8.00. The second kappa shape index (κ2) is 5.67. The molecule has 2 aliphatic rings. The summed E-state index contributed by atoms with van der Waals surface area (Å²) in [6, 6.07) is 5.25. The molecule has 1 aromatic carbocycles. The molecular formula is C17H18N4O3. The second-order valence-electron chi connectivity index (χ2n) is 6.22. The molecule has 7 heteroatoms. The smallest absolute Gasteiger partial charge is 0.262 e. The fraction of sp³-hybridized carbons (Fsp3) is 0.353. The monoisotopic (exact) mass is 326 g/mol. The summed E-state index contributed by atoms with van der Waals surface area (Å²) in [6.45, 7) is 1.95. The largest absolute Gasteiger partial charge is 0.482 e. The van der Waals surface area contributed by atoms with E-state index in [1.807, 2.05) is 6.92 Å². The lowest BCUT2D eigenvalue weighted by molar-refractivity contribution is -0.120. The Balaban J connectivity index is 1.47. The highest BCUT2D eigenvalue weighted by atomic mass is 16.5. The van der Waals surface area contributed by atoms with Crippen LogP contribution < -0.4 is 15.4 Å². The van der Waals surface area contributed by atoms with Crippen LogP contribution in [0.2, 0.25) is 0 Å². The van der Waals surface area contributed by atoms with Crippen molar-refractivity contribution in [1.82, 2.24) is 9.97 Å². The first kappa shape index (κ1) is 14.7. The van der Waals surface area contributed by atoms with Crippen LogP contribution in [0.15, 0.2) is 18.2 Å².